The van der Waals surface area contributed by atoms with E-state index in [-0.39, 0.29) is 11.1 Å². The lowest BCUT2D eigenvalue weighted by Gasteiger charge is -2.13. The summed E-state index contributed by atoms with van der Waals surface area (Å²) in [5.74, 6) is 1.23. The van der Waals surface area contributed by atoms with Gasteiger partial charge in [-0.05, 0) is 17.7 Å². The maximum Gasteiger partial charge on any atom is 0.175 e. The van der Waals surface area contributed by atoms with E-state index in [9.17, 15) is 4.79 Å². The predicted octanol–water partition coefficient (Wildman–Crippen LogP) is 4.34. The Morgan fingerprint density at radius 2 is 1.92 bits per heavy atom. The van der Waals surface area contributed by atoms with E-state index in [0.717, 1.165) is 16.5 Å². The van der Waals surface area contributed by atoms with Crippen LogP contribution in [-0.4, -0.2) is 22.8 Å². The molecule has 0 radical (unpaired) electrons. The number of nitrogens with zero attached hydrogens (tertiary/aromatic N) is 1. The molecule has 0 N–H and O–H groups in total. The van der Waals surface area contributed by atoms with E-state index in [1.54, 1.807) is 7.11 Å². The third-order valence-electron chi connectivity index (χ3n) is 3.94. The summed E-state index contributed by atoms with van der Waals surface area (Å²) in [7, 11) is 3.52. The molecule has 0 aliphatic heterocycles. The van der Waals surface area contributed by atoms with Gasteiger partial charge >= 0.3 is 0 Å². The highest BCUT2D eigenvalue weighted by Crippen LogP contribution is 2.39. The molecule has 0 atom stereocenters. The number of halogens is 1. The van der Waals surface area contributed by atoms with Crippen molar-refractivity contribution in [2.24, 2.45) is 7.05 Å². The van der Waals surface area contributed by atoms with Crippen LogP contribution in [0.1, 0.15) is 15.9 Å². The highest BCUT2D eigenvalue weighted by molar-refractivity contribution is 9.09. The minimum Gasteiger partial charge on any atom is -0.493 e. The summed E-state index contributed by atoms with van der Waals surface area (Å²) < 4.78 is 13.5. The van der Waals surface area contributed by atoms with Gasteiger partial charge in [-0.2, -0.15) is 0 Å². The molecule has 3 rings (SSSR count). The van der Waals surface area contributed by atoms with Crippen LogP contribution in [0.15, 0.2) is 48.7 Å². The maximum absolute atomic E-state index is 12.3. The normalized spacial score (nSPS) is 10.8. The van der Waals surface area contributed by atoms with Crippen molar-refractivity contribution in [1.82, 2.24) is 4.57 Å². The first-order valence-electron chi connectivity index (χ1n) is 7.57. The minimum atomic E-state index is 0.0124. The van der Waals surface area contributed by atoms with Gasteiger partial charge in [0.25, 0.3) is 0 Å². The summed E-state index contributed by atoms with van der Waals surface area (Å²) in [5.41, 5.74) is 2.62. The predicted molar refractivity (Wildman–Crippen MR) is 98.4 cm³/mol. The van der Waals surface area contributed by atoms with Crippen LogP contribution < -0.4 is 9.47 Å². The lowest BCUT2D eigenvalue weighted by molar-refractivity contribution is 0.102. The number of hydrogen-bond donors (Lipinski definition) is 0. The van der Waals surface area contributed by atoms with Crippen LogP contribution in [0.3, 0.4) is 0 Å². The number of aromatic nitrogens is 1. The van der Waals surface area contributed by atoms with E-state index < -0.39 is 0 Å². The molecule has 0 spiro atoms. The number of hydrogen-bond acceptors (Lipinski definition) is 3. The molecular weight excluding hydrogens is 370 g/mol. The Bertz CT molecular complexity index is 871. The highest BCUT2D eigenvalue weighted by atomic mass is 79.9. The van der Waals surface area contributed by atoms with Crippen molar-refractivity contribution in [3.63, 3.8) is 0 Å². The fourth-order valence-corrected chi connectivity index (χ4v) is 3.05. The Balaban J connectivity index is 2.11. The summed E-state index contributed by atoms with van der Waals surface area (Å²) >= 11 is 3.25. The van der Waals surface area contributed by atoms with Crippen molar-refractivity contribution in [3.8, 4) is 11.5 Å². The van der Waals surface area contributed by atoms with Gasteiger partial charge in [-0.1, -0.05) is 46.3 Å². The quantitative estimate of drug-likeness (QED) is 0.466. The Labute approximate surface area is 149 Å². The van der Waals surface area contributed by atoms with E-state index in [0.29, 0.717) is 23.7 Å². The molecule has 3 aromatic rings. The van der Waals surface area contributed by atoms with Crippen molar-refractivity contribution in [2.75, 3.05) is 12.4 Å². The zero-order valence-electron chi connectivity index (χ0n) is 13.6. The van der Waals surface area contributed by atoms with E-state index in [4.69, 9.17) is 9.47 Å². The molecule has 0 unspecified atom stereocenters. The standard InChI is InChI=1S/C19H18BrNO3/c1-21-11-14(16(22)10-20)18-15(21)8-9-17(23-2)19(18)24-12-13-6-4-3-5-7-13/h3-9,11H,10,12H2,1-2H3. The molecule has 0 amide bonds. The Morgan fingerprint density at radius 1 is 1.17 bits per heavy atom. The number of ether oxygens (including phenoxy) is 2. The topological polar surface area (TPSA) is 40.5 Å². The number of ketones is 1. The van der Waals surface area contributed by atoms with Gasteiger partial charge in [0.1, 0.15) is 6.61 Å². The number of benzene rings is 2. The summed E-state index contributed by atoms with van der Waals surface area (Å²) in [6, 6.07) is 13.7. The van der Waals surface area contributed by atoms with Crippen molar-refractivity contribution in [1.29, 1.82) is 0 Å². The first-order valence-corrected chi connectivity index (χ1v) is 8.69. The van der Waals surface area contributed by atoms with E-state index in [2.05, 4.69) is 15.9 Å². The zero-order valence-corrected chi connectivity index (χ0v) is 15.2. The minimum absolute atomic E-state index is 0.0124. The molecular formula is C19H18BrNO3. The van der Waals surface area contributed by atoms with Gasteiger partial charge in [0, 0.05) is 18.8 Å². The molecule has 24 heavy (non-hydrogen) atoms. The third kappa shape index (κ3) is 3.04. The molecule has 0 saturated heterocycles. The monoisotopic (exact) mass is 387 g/mol. The SMILES string of the molecule is COc1ccc2c(c(C(=O)CBr)cn2C)c1OCc1ccccc1. The van der Waals surface area contributed by atoms with Gasteiger partial charge in [0.05, 0.1) is 23.3 Å². The van der Waals surface area contributed by atoms with Crippen LogP contribution in [0.5, 0.6) is 11.5 Å². The second kappa shape index (κ2) is 7.09. The molecule has 2 aromatic carbocycles. The van der Waals surface area contributed by atoms with Gasteiger partial charge in [0.15, 0.2) is 17.3 Å². The number of alkyl halides is 1. The van der Waals surface area contributed by atoms with Crippen molar-refractivity contribution in [2.45, 2.75) is 6.61 Å². The Hall–Kier alpha value is -2.27. The molecule has 124 valence electrons. The Morgan fingerprint density at radius 3 is 2.58 bits per heavy atom. The number of methoxy groups -OCH3 is 1. The first-order chi connectivity index (χ1) is 11.7. The van der Waals surface area contributed by atoms with Crippen molar-refractivity contribution >= 4 is 32.6 Å². The summed E-state index contributed by atoms with van der Waals surface area (Å²) in [5, 5.41) is 1.05. The average Bonchev–Trinajstić information content (AvgIpc) is 2.97. The molecule has 1 heterocycles. The van der Waals surface area contributed by atoms with Gasteiger partial charge in [-0.3, -0.25) is 4.79 Å². The molecule has 5 heteroatoms. The second-order valence-corrected chi connectivity index (χ2v) is 6.04. The molecule has 4 nitrogen and oxygen atoms in total. The zero-order chi connectivity index (χ0) is 17.1. The number of carbonyl (C=O) groups is 1. The van der Waals surface area contributed by atoms with E-state index in [1.165, 1.54) is 0 Å². The van der Waals surface area contributed by atoms with Crippen LogP contribution in [0, 0.1) is 0 Å². The largest absolute Gasteiger partial charge is 0.493 e. The first kappa shape index (κ1) is 16.6. The van der Waals surface area contributed by atoms with Crippen LogP contribution in [0.4, 0.5) is 0 Å². The van der Waals surface area contributed by atoms with Crippen molar-refractivity contribution in [3.05, 3.63) is 59.8 Å². The number of Topliss-reactive ketones (excluding diaryl/α,β-unsaturated/α-hetero) is 1. The van der Waals surface area contributed by atoms with Crippen molar-refractivity contribution < 1.29 is 14.3 Å². The van der Waals surface area contributed by atoms with Crippen LogP contribution in [0.25, 0.3) is 10.9 Å². The van der Waals surface area contributed by atoms with Gasteiger partial charge < -0.3 is 14.0 Å². The molecule has 0 aliphatic rings. The smallest absolute Gasteiger partial charge is 0.175 e. The third-order valence-corrected chi connectivity index (χ3v) is 4.45. The molecule has 0 fully saturated rings. The van der Waals surface area contributed by atoms with E-state index in [1.807, 2.05) is 60.3 Å². The van der Waals surface area contributed by atoms with Gasteiger partial charge in [0.2, 0.25) is 0 Å². The average molecular weight is 388 g/mol. The lowest BCUT2D eigenvalue weighted by atomic mass is 10.1. The summed E-state index contributed by atoms with van der Waals surface area (Å²) in [6.07, 6.45) is 1.84. The van der Waals surface area contributed by atoms with Crippen LogP contribution in [0.2, 0.25) is 0 Å². The van der Waals surface area contributed by atoms with Crippen LogP contribution >= 0.6 is 15.9 Å². The molecule has 0 aliphatic carbocycles. The maximum atomic E-state index is 12.3. The fraction of sp³-hybridized carbons (Fsp3) is 0.211. The van der Waals surface area contributed by atoms with Crippen LogP contribution in [-0.2, 0) is 13.7 Å². The summed E-state index contributed by atoms with van der Waals surface area (Å²) in [6.45, 7) is 0.410. The molecule has 0 saturated carbocycles. The molecule has 1 aromatic heterocycles. The number of fused-ring (bicyclic) bond motifs is 1. The molecule has 0 bridgehead atoms. The Kier molecular flexibility index (Phi) is 4.90. The second-order valence-electron chi connectivity index (χ2n) is 5.48. The number of carbonyl (C=O) groups excluding carboxylic acids is 1. The summed E-state index contributed by atoms with van der Waals surface area (Å²) in [4.78, 5) is 12.3. The van der Waals surface area contributed by atoms with E-state index >= 15 is 0 Å². The van der Waals surface area contributed by atoms with Gasteiger partial charge in [-0.25, -0.2) is 0 Å². The number of rotatable bonds is 6. The van der Waals surface area contributed by atoms with Gasteiger partial charge in [-0.15, -0.1) is 0 Å². The fourth-order valence-electron chi connectivity index (χ4n) is 2.75. The highest BCUT2D eigenvalue weighted by Gasteiger charge is 2.20. The number of aryl methyl sites for hydroxylation is 1. The lowest BCUT2D eigenvalue weighted by Crippen LogP contribution is -2.02.